The van der Waals surface area contributed by atoms with Gasteiger partial charge < -0.3 is 10.2 Å². The van der Waals surface area contributed by atoms with Gasteiger partial charge in [0.25, 0.3) is 5.91 Å². The molecule has 0 aromatic heterocycles. The smallest absolute Gasteiger partial charge is 0.253 e. The zero-order valence-electron chi connectivity index (χ0n) is 14.7. The van der Waals surface area contributed by atoms with Gasteiger partial charge in [-0.25, -0.2) is 4.39 Å². The molecule has 3 rings (SSSR count). The monoisotopic (exact) mass is 354 g/mol. The number of amides is 2. The third kappa shape index (κ3) is 4.69. The predicted octanol–water partition coefficient (Wildman–Crippen LogP) is 4.10. The number of piperidine rings is 1. The molecule has 1 saturated heterocycles. The third-order valence-corrected chi connectivity index (χ3v) is 4.85. The lowest BCUT2D eigenvalue weighted by molar-refractivity contribution is -0.116. The van der Waals surface area contributed by atoms with Crippen LogP contribution in [-0.4, -0.2) is 29.8 Å². The summed E-state index contributed by atoms with van der Waals surface area (Å²) < 4.78 is 13.6. The van der Waals surface area contributed by atoms with E-state index in [1.54, 1.807) is 18.2 Å². The second kappa shape index (κ2) is 8.61. The molecule has 2 amide bonds. The molecule has 2 aromatic rings. The maximum absolute atomic E-state index is 13.6. The Hall–Kier alpha value is -2.69. The second-order valence-corrected chi connectivity index (χ2v) is 6.67. The number of rotatable bonds is 5. The minimum Gasteiger partial charge on any atom is -0.339 e. The fourth-order valence-electron chi connectivity index (χ4n) is 3.30. The summed E-state index contributed by atoms with van der Waals surface area (Å²) in [5.41, 5.74) is 0.941. The van der Waals surface area contributed by atoms with Crippen LogP contribution in [0.2, 0.25) is 0 Å². The standard InChI is InChI=1S/C21H23FN2O2/c22-18-8-4-5-9-19(18)23-20(25)11-10-16-12-14-24(15-13-16)21(26)17-6-2-1-3-7-17/h1-9,16H,10-15H2,(H,23,25). The lowest BCUT2D eigenvalue weighted by Crippen LogP contribution is -2.38. The number of hydrogen-bond acceptors (Lipinski definition) is 2. The minimum absolute atomic E-state index is 0.0707. The lowest BCUT2D eigenvalue weighted by Gasteiger charge is -2.32. The van der Waals surface area contributed by atoms with Gasteiger partial charge >= 0.3 is 0 Å². The minimum atomic E-state index is -0.423. The summed E-state index contributed by atoms with van der Waals surface area (Å²) in [5.74, 6) is -0.103. The Bertz CT molecular complexity index is 756. The molecule has 0 saturated carbocycles. The average Bonchev–Trinajstić information content (AvgIpc) is 2.69. The fraction of sp³-hybridized carbons (Fsp3) is 0.333. The van der Waals surface area contributed by atoms with E-state index in [9.17, 15) is 14.0 Å². The first kappa shape index (κ1) is 18.1. The van der Waals surface area contributed by atoms with Gasteiger partial charge in [0.15, 0.2) is 0 Å². The molecule has 0 aliphatic carbocycles. The quantitative estimate of drug-likeness (QED) is 0.879. The molecule has 4 nitrogen and oxygen atoms in total. The molecule has 26 heavy (non-hydrogen) atoms. The molecule has 1 heterocycles. The van der Waals surface area contributed by atoms with Crippen molar-refractivity contribution >= 4 is 17.5 Å². The zero-order chi connectivity index (χ0) is 18.4. The highest BCUT2D eigenvalue weighted by atomic mass is 19.1. The average molecular weight is 354 g/mol. The molecule has 1 aliphatic heterocycles. The highest BCUT2D eigenvalue weighted by molar-refractivity contribution is 5.94. The van der Waals surface area contributed by atoms with Crippen LogP contribution >= 0.6 is 0 Å². The Balaban J connectivity index is 1.42. The highest BCUT2D eigenvalue weighted by Gasteiger charge is 2.24. The van der Waals surface area contributed by atoms with E-state index in [1.807, 2.05) is 35.2 Å². The van der Waals surface area contributed by atoms with E-state index in [0.29, 0.717) is 25.4 Å². The third-order valence-electron chi connectivity index (χ3n) is 4.85. The van der Waals surface area contributed by atoms with Crippen LogP contribution < -0.4 is 5.32 Å². The first-order valence-corrected chi connectivity index (χ1v) is 9.02. The van der Waals surface area contributed by atoms with Crippen LogP contribution in [0.25, 0.3) is 0 Å². The summed E-state index contributed by atoms with van der Waals surface area (Å²) in [6.07, 6.45) is 2.91. The molecule has 1 fully saturated rings. The van der Waals surface area contributed by atoms with Gasteiger partial charge in [0.05, 0.1) is 5.69 Å². The van der Waals surface area contributed by atoms with E-state index in [-0.39, 0.29) is 17.5 Å². The van der Waals surface area contributed by atoms with Crippen LogP contribution in [0, 0.1) is 11.7 Å². The van der Waals surface area contributed by atoms with Crippen molar-refractivity contribution in [3.63, 3.8) is 0 Å². The van der Waals surface area contributed by atoms with Crippen molar-refractivity contribution in [2.24, 2.45) is 5.92 Å². The van der Waals surface area contributed by atoms with E-state index in [1.165, 1.54) is 6.07 Å². The molecule has 1 N–H and O–H groups in total. The Morgan fingerprint density at radius 3 is 2.35 bits per heavy atom. The van der Waals surface area contributed by atoms with Gasteiger partial charge in [-0.2, -0.15) is 0 Å². The number of carbonyl (C=O) groups is 2. The zero-order valence-corrected chi connectivity index (χ0v) is 14.7. The number of benzene rings is 2. The number of hydrogen-bond donors (Lipinski definition) is 1. The van der Waals surface area contributed by atoms with Crippen molar-refractivity contribution in [3.8, 4) is 0 Å². The molecular weight excluding hydrogens is 331 g/mol. The number of halogens is 1. The molecule has 1 aliphatic rings. The molecule has 0 unspecified atom stereocenters. The Morgan fingerprint density at radius 1 is 1.00 bits per heavy atom. The summed E-state index contributed by atoms with van der Waals surface area (Å²) in [6, 6.07) is 15.5. The lowest BCUT2D eigenvalue weighted by atomic mass is 9.91. The summed E-state index contributed by atoms with van der Waals surface area (Å²) in [5, 5.41) is 2.62. The van der Waals surface area contributed by atoms with Gasteiger partial charge in [0.1, 0.15) is 5.82 Å². The molecule has 5 heteroatoms. The van der Waals surface area contributed by atoms with Crippen molar-refractivity contribution in [2.75, 3.05) is 18.4 Å². The number of para-hydroxylation sites is 1. The van der Waals surface area contributed by atoms with E-state index in [0.717, 1.165) is 24.8 Å². The maximum Gasteiger partial charge on any atom is 0.253 e. The molecular formula is C21H23FN2O2. The van der Waals surface area contributed by atoms with E-state index in [2.05, 4.69) is 5.32 Å². The Morgan fingerprint density at radius 2 is 1.65 bits per heavy atom. The molecule has 0 bridgehead atoms. The summed E-state index contributed by atoms with van der Waals surface area (Å²) in [4.78, 5) is 26.3. The van der Waals surface area contributed by atoms with Crippen molar-refractivity contribution in [3.05, 3.63) is 66.0 Å². The number of nitrogens with zero attached hydrogens (tertiary/aromatic N) is 1. The summed E-state index contributed by atoms with van der Waals surface area (Å²) in [6.45, 7) is 1.43. The molecule has 0 spiro atoms. The SMILES string of the molecule is O=C(CCC1CCN(C(=O)c2ccccc2)CC1)Nc1ccccc1F. The van der Waals surface area contributed by atoms with Crippen LogP contribution in [0.15, 0.2) is 54.6 Å². The largest absolute Gasteiger partial charge is 0.339 e. The highest BCUT2D eigenvalue weighted by Crippen LogP contribution is 2.23. The van der Waals surface area contributed by atoms with E-state index >= 15 is 0 Å². The number of likely N-dealkylation sites (tertiary alicyclic amines) is 1. The van der Waals surface area contributed by atoms with E-state index < -0.39 is 5.82 Å². The van der Waals surface area contributed by atoms with E-state index in [4.69, 9.17) is 0 Å². The normalized spacial score (nSPS) is 14.9. The van der Waals surface area contributed by atoms with Gasteiger partial charge in [-0.05, 0) is 49.4 Å². The summed E-state index contributed by atoms with van der Waals surface area (Å²) in [7, 11) is 0. The van der Waals surface area contributed by atoms with Crippen molar-refractivity contribution in [1.82, 2.24) is 4.90 Å². The van der Waals surface area contributed by atoms with Gasteiger partial charge in [-0.1, -0.05) is 30.3 Å². The molecule has 0 atom stereocenters. The van der Waals surface area contributed by atoms with Crippen LogP contribution in [-0.2, 0) is 4.79 Å². The van der Waals surface area contributed by atoms with Crippen molar-refractivity contribution in [1.29, 1.82) is 0 Å². The maximum atomic E-state index is 13.6. The first-order valence-electron chi connectivity index (χ1n) is 9.02. The first-order chi connectivity index (χ1) is 12.6. The fourth-order valence-corrected chi connectivity index (χ4v) is 3.30. The topological polar surface area (TPSA) is 49.4 Å². The molecule has 2 aromatic carbocycles. The molecule has 0 radical (unpaired) electrons. The summed E-state index contributed by atoms with van der Waals surface area (Å²) >= 11 is 0. The van der Waals surface area contributed by atoms with Gasteiger partial charge in [-0.15, -0.1) is 0 Å². The molecule has 136 valence electrons. The van der Waals surface area contributed by atoms with Crippen LogP contribution in [0.5, 0.6) is 0 Å². The van der Waals surface area contributed by atoms with Gasteiger partial charge in [-0.3, -0.25) is 9.59 Å². The van der Waals surface area contributed by atoms with Crippen LogP contribution in [0.3, 0.4) is 0 Å². The number of anilines is 1. The van der Waals surface area contributed by atoms with Gasteiger partial charge in [0, 0.05) is 25.1 Å². The Kier molecular flexibility index (Phi) is 6.00. The van der Waals surface area contributed by atoms with Crippen LogP contribution in [0.1, 0.15) is 36.0 Å². The van der Waals surface area contributed by atoms with Crippen LogP contribution in [0.4, 0.5) is 10.1 Å². The predicted molar refractivity (Wildman–Crippen MR) is 99.3 cm³/mol. The van der Waals surface area contributed by atoms with Crippen molar-refractivity contribution in [2.45, 2.75) is 25.7 Å². The number of nitrogens with one attached hydrogen (secondary N) is 1. The Labute approximate surface area is 153 Å². The van der Waals surface area contributed by atoms with Crippen molar-refractivity contribution < 1.29 is 14.0 Å². The van der Waals surface area contributed by atoms with Gasteiger partial charge in [0.2, 0.25) is 5.91 Å². The second-order valence-electron chi connectivity index (χ2n) is 6.67. The number of carbonyl (C=O) groups excluding carboxylic acids is 2.